The SMILES string of the molecule is Nc1ccc(-c2cc(O)[nH]c2O)cc1. The Labute approximate surface area is 80.6 Å². The normalized spacial score (nSPS) is 10.3. The Kier molecular flexibility index (Phi) is 1.81. The molecule has 1 aromatic carbocycles. The van der Waals surface area contributed by atoms with Crippen molar-refractivity contribution in [3.63, 3.8) is 0 Å². The van der Waals surface area contributed by atoms with Crippen LogP contribution >= 0.6 is 0 Å². The van der Waals surface area contributed by atoms with Crippen molar-refractivity contribution >= 4 is 5.69 Å². The molecule has 0 unspecified atom stereocenters. The minimum atomic E-state index is -0.0608. The van der Waals surface area contributed by atoms with Crippen LogP contribution in [0.25, 0.3) is 11.1 Å². The van der Waals surface area contributed by atoms with Crippen molar-refractivity contribution in [3.05, 3.63) is 30.3 Å². The molecule has 0 radical (unpaired) electrons. The Bertz CT molecular complexity index is 446. The maximum absolute atomic E-state index is 9.41. The molecule has 0 aliphatic rings. The summed E-state index contributed by atoms with van der Waals surface area (Å²) in [5.41, 5.74) is 7.55. The fourth-order valence-electron chi connectivity index (χ4n) is 1.31. The quantitative estimate of drug-likeness (QED) is 0.516. The lowest BCUT2D eigenvalue weighted by Crippen LogP contribution is -1.83. The van der Waals surface area contributed by atoms with Crippen molar-refractivity contribution in [1.82, 2.24) is 4.98 Å². The zero-order chi connectivity index (χ0) is 10.1. The zero-order valence-corrected chi connectivity index (χ0v) is 7.36. The second-order valence-corrected chi connectivity index (χ2v) is 3.04. The molecule has 2 rings (SSSR count). The third-order valence-corrected chi connectivity index (χ3v) is 2.00. The first-order chi connectivity index (χ1) is 6.66. The average Bonchev–Trinajstić information content (AvgIpc) is 2.47. The number of aromatic amines is 1. The van der Waals surface area contributed by atoms with Crippen molar-refractivity contribution in [3.8, 4) is 22.9 Å². The zero-order valence-electron chi connectivity index (χ0n) is 7.36. The first-order valence-electron chi connectivity index (χ1n) is 4.13. The topological polar surface area (TPSA) is 82.3 Å². The maximum Gasteiger partial charge on any atom is 0.199 e. The minimum absolute atomic E-state index is 0.0488. The van der Waals surface area contributed by atoms with E-state index in [0.29, 0.717) is 11.3 Å². The standard InChI is InChI=1S/C10H10N2O2/c11-7-3-1-6(2-4-7)8-5-9(13)12-10(8)14/h1-5,12-14H,11H2. The highest BCUT2D eigenvalue weighted by Gasteiger charge is 2.07. The van der Waals surface area contributed by atoms with E-state index in [1.807, 2.05) is 0 Å². The van der Waals surface area contributed by atoms with Crippen LogP contribution in [-0.2, 0) is 0 Å². The minimum Gasteiger partial charge on any atom is -0.494 e. The van der Waals surface area contributed by atoms with Crippen LogP contribution in [0.15, 0.2) is 30.3 Å². The smallest absolute Gasteiger partial charge is 0.199 e. The lowest BCUT2D eigenvalue weighted by Gasteiger charge is -1.98. The third kappa shape index (κ3) is 1.37. The predicted molar refractivity (Wildman–Crippen MR) is 54.0 cm³/mol. The van der Waals surface area contributed by atoms with E-state index in [4.69, 9.17) is 10.8 Å². The average molecular weight is 190 g/mol. The number of H-pyrrole nitrogens is 1. The molecule has 0 aliphatic carbocycles. The molecule has 14 heavy (non-hydrogen) atoms. The van der Waals surface area contributed by atoms with E-state index in [9.17, 15) is 5.11 Å². The summed E-state index contributed by atoms with van der Waals surface area (Å²) in [6.45, 7) is 0. The Morgan fingerprint density at radius 1 is 1.07 bits per heavy atom. The number of aromatic nitrogens is 1. The summed E-state index contributed by atoms with van der Waals surface area (Å²) in [6, 6.07) is 8.48. The summed E-state index contributed by atoms with van der Waals surface area (Å²) in [7, 11) is 0. The molecule has 0 spiro atoms. The molecule has 4 heteroatoms. The van der Waals surface area contributed by atoms with Gasteiger partial charge in [-0.3, -0.25) is 4.98 Å². The lowest BCUT2D eigenvalue weighted by atomic mass is 10.1. The van der Waals surface area contributed by atoms with E-state index in [0.717, 1.165) is 5.56 Å². The van der Waals surface area contributed by atoms with Crippen LogP contribution in [0.3, 0.4) is 0 Å². The Morgan fingerprint density at radius 3 is 2.21 bits per heavy atom. The highest BCUT2D eigenvalue weighted by Crippen LogP contribution is 2.32. The monoisotopic (exact) mass is 190 g/mol. The van der Waals surface area contributed by atoms with Gasteiger partial charge in [-0.1, -0.05) is 12.1 Å². The van der Waals surface area contributed by atoms with Crippen LogP contribution in [0, 0.1) is 0 Å². The maximum atomic E-state index is 9.41. The van der Waals surface area contributed by atoms with Gasteiger partial charge in [0.1, 0.15) is 0 Å². The van der Waals surface area contributed by atoms with Crippen LogP contribution in [0.5, 0.6) is 11.8 Å². The van der Waals surface area contributed by atoms with Crippen molar-refractivity contribution in [2.24, 2.45) is 0 Å². The Balaban J connectivity index is 2.49. The van der Waals surface area contributed by atoms with E-state index >= 15 is 0 Å². The molecule has 1 heterocycles. The van der Waals surface area contributed by atoms with E-state index in [2.05, 4.69) is 4.98 Å². The first kappa shape index (κ1) is 8.50. The highest BCUT2D eigenvalue weighted by molar-refractivity contribution is 5.71. The van der Waals surface area contributed by atoms with Crippen molar-refractivity contribution in [2.75, 3.05) is 5.73 Å². The Hall–Kier alpha value is -2.10. The molecule has 0 amide bonds. The summed E-state index contributed by atoms with van der Waals surface area (Å²) in [5.74, 6) is -0.110. The van der Waals surface area contributed by atoms with Gasteiger partial charge in [-0.05, 0) is 17.7 Å². The predicted octanol–water partition coefficient (Wildman–Crippen LogP) is 1.68. The van der Waals surface area contributed by atoms with E-state index in [-0.39, 0.29) is 11.8 Å². The van der Waals surface area contributed by atoms with Crippen LogP contribution < -0.4 is 5.73 Å². The summed E-state index contributed by atoms with van der Waals surface area (Å²) in [6.07, 6.45) is 0. The molecule has 0 bridgehead atoms. The molecule has 2 aromatic rings. The number of nitrogen functional groups attached to an aromatic ring is 1. The second kappa shape index (κ2) is 2.99. The van der Waals surface area contributed by atoms with Gasteiger partial charge in [0, 0.05) is 17.3 Å². The van der Waals surface area contributed by atoms with Gasteiger partial charge in [0.05, 0.1) is 0 Å². The summed E-state index contributed by atoms with van der Waals surface area (Å²) >= 11 is 0. The lowest BCUT2D eigenvalue weighted by molar-refractivity contribution is 0.426. The van der Waals surface area contributed by atoms with Gasteiger partial charge >= 0.3 is 0 Å². The van der Waals surface area contributed by atoms with Gasteiger partial charge in [0.15, 0.2) is 11.8 Å². The van der Waals surface area contributed by atoms with Gasteiger partial charge in [0.2, 0.25) is 0 Å². The number of aromatic hydroxyl groups is 2. The Morgan fingerprint density at radius 2 is 1.71 bits per heavy atom. The van der Waals surface area contributed by atoms with Gasteiger partial charge in [-0.2, -0.15) is 0 Å². The highest BCUT2D eigenvalue weighted by atomic mass is 16.3. The van der Waals surface area contributed by atoms with Gasteiger partial charge in [-0.15, -0.1) is 0 Å². The third-order valence-electron chi connectivity index (χ3n) is 2.00. The molecule has 0 fully saturated rings. The van der Waals surface area contributed by atoms with Crippen molar-refractivity contribution in [2.45, 2.75) is 0 Å². The molecule has 4 nitrogen and oxygen atoms in total. The molecule has 72 valence electrons. The van der Waals surface area contributed by atoms with Crippen LogP contribution in [0.4, 0.5) is 5.69 Å². The van der Waals surface area contributed by atoms with Crippen LogP contribution in [0.2, 0.25) is 0 Å². The number of anilines is 1. The second-order valence-electron chi connectivity index (χ2n) is 3.04. The molecule has 1 aromatic heterocycles. The van der Waals surface area contributed by atoms with E-state index in [1.165, 1.54) is 6.07 Å². The van der Waals surface area contributed by atoms with Crippen molar-refractivity contribution < 1.29 is 10.2 Å². The fourth-order valence-corrected chi connectivity index (χ4v) is 1.31. The number of hydrogen-bond acceptors (Lipinski definition) is 3. The number of rotatable bonds is 1. The van der Waals surface area contributed by atoms with Gasteiger partial charge in [0.25, 0.3) is 0 Å². The molecule has 0 saturated heterocycles. The van der Waals surface area contributed by atoms with Crippen LogP contribution in [-0.4, -0.2) is 15.2 Å². The molecule has 5 N–H and O–H groups in total. The van der Waals surface area contributed by atoms with E-state index < -0.39 is 0 Å². The molecule has 0 saturated carbocycles. The molecule has 0 aliphatic heterocycles. The van der Waals surface area contributed by atoms with Crippen molar-refractivity contribution in [1.29, 1.82) is 0 Å². The van der Waals surface area contributed by atoms with Gasteiger partial charge in [-0.25, -0.2) is 0 Å². The van der Waals surface area contributed by atoms with Crippen LogP contribution in [0.1, 0.15) is 0 Å². The van der Waals surface area contributed by atoms with Gasteiger partial charge < -0.3 is 15.9 Å². The molecule has 0 atom stereocenters. The number of benzene rings is 1. The fraction of sp³-hybridized carbons (Fsp3) is 0. The number of hydrogen-bond donors (Lipinski definition) is 4. The summed E-state index contributed by atoms with van der Waals surface area (Å²) in [5, 5.41) is 18.5. The van der Waals surface area contributed by atoms with E-state index in [1.54, 1.807) is 24.3 Å². The number of nitrogens with two attached hydrogens (primary N) is 1. The summed E-state index contributed by atoms with van der Waals surface area (Å²) < 4.78 is 0. The number of nitrogens with one attached hydrogen (secondary N) is 1. The largest absolute Gasteiger partial charge is 0.494 e. The first-order valence-corrected chi connectivity index (χ1v) is 4.13. The summed E-state index contributed by atoms with van der Waals surface area (Å²) in [4.78, 5) is 2.40. The molecular weight excluding hydrogens is 180 g/mol. The molecular formula is C10H10N2O2.